The summed E-state index contributed by atoms with van der Waals surface area (Å²) in [4.78, 5) is 0. The highest BCUT2D eigenvalue weighted by molar-refractivity contribution is 5.79. The van der Waals surface area contributed by atoms with Gasteiger partial charge in [-0.25, -0.2) is 0 Å². The van der Waals surface area contributed by atoms with E-state index in [1.54, 1.807) is 0 Å². The molecule has 0 aliphatic heterocycles. The lowest BCUT2D eigenvalue weighted by atomic mass is 9.85. The van der Waals surface area contributed by atoms with Crippen molar-refractivity contribution in [2.75, 3.05) is 5.73 Å². The van der Waals surface area contributed by atoms with E-state index < -0.39 is 0 Å². The summed E-state index contributed by atoms with van der Waals surface area (Å²) in [6, 6.07) is 6.19. The molecule has 100 valence electrons. The number of nitrogen functional groups attached to an aromatic ring is 1. The molecule has 0 saturated heterocycles. The Morgan fingerprint density at radius 2 is 1.11 bits per heavy atom. The molecule has 0 amide bonds. The maximum absolute atomic E-state index is 6.06. The summed E-state index contributed by atoms with van der Waals surface area (Å²) in [7, 11) is 0. The number of nitrogens with two attached hydrogens (primary N) is 1. The van der Waals surface area contributed by atoms with Crippen molar-refractivity contribution < 1.29 is 0 Å². The second-order valence-electron chi connectivity index (χ2n) is 5.52. The lowest BCUT2D eigenvalue weighted by molar-refractivity contribution is 1.18. The van der Waals surface area contributed by atoms with Crippen molar-refractivity contribution in [2.24, 2.45) is 0 Å². The molecule has 0 aromatic heterocycles. The lowest BCUT2D eigenvalue weighted by Crippen LogP contribution is -2.01. The fourth-order valence-corrected chi connectivity index (χ4v) is 2.83. The first kappa shape index (κ1) is 13.7. The average molecular weight is 253 g/mol. The Labute approximate surface area is 116 Å². The van der Waals surface area contributed by atoms with Crippen LogP contribution in [-0.4, -0.2) is 0 Å². The van der Waals surface area contributed by atoms with Crippen molar-refractivity contribution in [1.82, 2.24) is 0 Å². The number of hydrogen-bond donors (Lipinski definition) is 1. The van der Waals surface area contributed by atoms with Gasteiger partial charge in [0.25, 0.3) is 0 Å². The van der Waals surface area contributed by atoms with Crippen LogP contribution >= 0.6 is 0 Å². The summed E-state index contributed by atoms with van der Waals surface area (Å²) in [6.45, 7) is 13.2. The van der Waals surface area contributed by atoms with Gasteiger partial charge in [-0.1, -0.05) is 12.1 Å². The zero-order chi connectivity index (χ0) is 14.3. The molecule has 0 fully saturated rings. The number of benzene rings is 2. The van der Waals surface area contributed by atoms with Gasteiger partial charge in [-0.05, 0) is 92.1 Å². The third-order valence-electron chi connectivity index (χ3n) is 4.65. The molecule has 19 heavy (non-hydrogen) atoms. The van der Waals surface area contributed by atoms with Gasteiger partial charge in [0.2, 0.25) is 0 Å². The molecule has 2 aromatic rings. The van der Waals surface area contributed by atoms with E-state index in [1.807, 2.05) is 12.1 Å². The van der Waals surface area contributed by atoms with Crippen molar-refractivity contribution in [3.05, 3.63) is 51.6 Å². The number of anilines is 1. The van der Waals surface area contributed by atoms with Crippen LogP contribution < -0.4 is 5.73 Å². The van der Waals surface area contributed by atoms with Crippen LogP contribution in [0.3, 0.4) is 0 Å². The van der Waals surface area contributed by atoms with Crippen molar-refractivity contribution in [2.45, 2.75) is 41.5 Å². The SMILES string of the molecule is Cc1c(N)cccc1-c1c(C)c(C)c(C)c(C)c1C. The van der Waals surface area contributed by atoms with Gasteiger partial charge in [0.05, 0.1) is 0 Å². The van der Waals surface area contributed by atoms with Crippen LogP contribution in [0, 0.1) is 41.5 Å². The van der Waals surface area contributed by atoms with Gasteiger partial charge in [-0.15, -0.1) is 0 Å². The minimum atomic E-state index is 0.868. The number of hydrogen-bond acceptors (Lipinski definition) is 1. The molecule has 0 unspecified atom stereocenters. The zero-order valence-corrected chi connectivity index (χ0v) is 12.8. The molecule has 1 nitrogen and oxygen atoms in total. The molecule has 0 radical (unpaired) electrons. The highest BCUT2D eigenvalue weighted by atomic mass is 14.6. The van der Waals surface area contributed by atoms with E-state index in [0.29, 0.717) is 0 Å². The Hall–Kier alpha value is -1.76. The summed E-state index contributed by atoms with van der Waals surface area (Å²) in [5, 5.41) is 0. The van der Waals surface area contributed by atoms with Crippen LogP contribution in [0.15, 0.2) is 18.2 Å². The maximum Gasteiger partial charge on any atom is 0.0349 e. The van der Waals surface area contributed by atoms with E-state index in [4.69, 9.17) is 5.73 Å². The highest BCUT2D eigenvalue weighted by Crippen LogP contribution is 2.36. The van der Waals surface area contributed by atoms with Crippen molar-refractivity contribution in [3.63, 3.8) is 0 Å². The molecule has 2 rings (SSSR count). The van der Waals surface area contributed by atoms with Crippen molar-refractivity contribution in [1.29, 1.82) is 0 Å². The first-order valence-corrected chi connectivity index (χ1v) is 6.78. The highest BCUT2D eigenvalue weighted by Gasteiger charge is 2.15. The van der Waals surface area contributed by atoms with Gasteiger partial charge in [-0.2, -0.15) is 0 Å². The summed E-state index contributed by atoms with van der Waals surface area (Å²) >= 11 is 0. The maximum atomic E-state index is 6.06. The average Bonchev–Trinajstić information content (AvgIpc) is 2.39. The normalized spacial score (nSPS) is 10.8. The van der Waals surface area contributed by atoms with Gasteiger partial charge in [0, 0.05) is 5.69 Å². The van der Waals surface area contributed by atoms with E-state index in [9.17, 15) is 0 Å². The first-order valence-electron chi connectivity index (χ1n) is 6.78. The van der Waals surface area contributed by atoms with Crippen molar-refractivity contribution in [3.8, 4) is 11.1 Å². The zero-order valence-electron chi connectivity index (χ0n) is 12.8. The second-order valence-corrected chi connectivity index (χ2v) is 5.52. The predicted molar refractivity (Wildman–Crippen MR) is 84.7 cm³/mol. The molecular weight excluding hydrogens is 230 g/mol. The van der Waals surface area contributed by atoms with Crippen LogP contribution in [0.25, 0.3) is 11.1 Å². The summed E-state index contributed by atoms with van der Waals surface area (Å²) < 4.78 is 0. The van der Waals surface area contributed by atoms with Crippen LogP contribution in [0.2, 0.25) is 0 Å². The topological polar surface area (TPSA) is 26.0 Å². The molecular formula is C18H23N. The Kier molecular flexibility index (Phi) is 3.40. The smallest absolute Gasteiger partial charge is 0.0349 e. The molecule has 0 spiro atoms. The predicted octanol–water partition coefficient (Wildman–Crippen LogP) is 4.79. The second kappa shape index (κ2) is 4.73. The van der Waals surface area contributed by atoms with E-state index >= 15 is 0 Å². The molecule has 0 bridgehead atoms. The van der Waals surface area contributed by atoms with Crippen molar-refractivity contribution >= 4 is 5.69 Å². The first-order chi connectivity index (χ1) is 8.86. The van der Waals surface area contributed by atoms with Crippen LogP contribution in [0.5, 0.6) is 0 Å². The minimum absolute atomic E-state index is 0.868. The Morgan fingerprint density at radius 3 is 1.63 bits per heavy atom. The summed E-state index contributed by atoms with van der Waals surface area (Å²) in [5.41, 5.74) is 17.6. The van der Waals surface area contributed by atoms with Gasteiger partial charge < -0.3 is 5.73 Å². The number of rotatable bonds is 1. The fourth-order valence-electron chi connectivity index (χ4n) is 2.83. The molecule has 0 heterocycles. The third kappa shape index (κ3) is 2.03. The van der Waals surface area contributed by atoms with Gasteiger partial charge in [0.1, 0.15) is 0 Å². The van der Waals surface area contributed by atoms with Gasteiger partial charge >= 0.3 is 0 Å². The monoisotopic (exact) mass is 253 g/mol. The van der Waals surface area contributed by atoms with Gasteiger partial charge in [0.15, 0.2) is 0 Å². The molecule has 0 aliphatic carbocycles. The molecule has 0 saturated carbocycles. The Balaban J connectivity index is 2.87. The van der Waals surface area contributed by atoms with Crippen LogP contribution in [0.4, 0.5) is 5.69 Å². The minimum Gasteiger partial charge on any atom is -0.398 e. The van der Waals surface area contributed by atoms with E-state index in [0.717, 1.165) is 5.69 Å². The quantitative estimate of drug-likeness (QED) is 0.727. The van der Waals surface area contributed by atoms with Crippen LogP contribution in [-0.2, 0) is 0 Å². The summed E-state index contributed by atoms with van der Waals surface area (Å²) in [6.07, 6.45) is 0. The van der Waals surface area contributed by atoms with E-state index in [2.05, 4.69) is 47.6 Å². The largest absolute Gasteiger partial charge is 0.398 e. The fraction of sp³-hybridized carbons (Fsp3) is 0.333. The molecule has 0 aliphatic rings. The van der Waals surface area contributed by atoms with E-state index in [-0.39, 0.29) is 0 Å². The summed E-state index contributed by atoms with van der Waals surface area (Å²) in [5.74, 6) is 0. The van der Waals surface area contributed by atoms with Crippen LogP contribution in [0.1, 0.15) is 33.4 Å². The molecule has 0 atom stereocenters. The van der Waals surface area contributed by atoms with E-state index in [1.165, 1.54) is 44.5 Å². The Morgan fingerprint density at radius 1 is 0.632 bits per heavy atom. The van der Waals surface area contributed by atoms with Gasteiger partial charge in [-0.3, -0.25) is 0 Å². The molecule has 2 aromatic carbocycles. The molecule has 2 N–H and O–H groups in total. The third-order valence-corrected chi connectivity index (χ3v) is 4.65. The lowest BCUT2D eigenvalue weighted by Gasteiger charge is -2.20. The Bertz CT molecular complexity index is 622. The molecule has 1 heteroatoms. The standard InChI is InChI=1S/C18H23N/c1-10-11(2)13(4)18(14(5)12(10)3)16-8-7-9-17(19)15(16)6/h7-9H,19H2,1-6H3.